The van der Waals surface area contributed by atoms with Gasteiger partial charge in [0.25, 0.3) is 0 Å². The van der Waals surface area contributed by atoms with E-state index >= 15 is 0 Å². The van der Waals surface area contributed by atoms with E-state index < -0.39 is 0 Å². The van der Waals surface area contributed by atoms with Gasteiger partial charge in [-0.1, -0.05) is 41.6 Å². The van der Waals surface area contributed by atoms with Crippen molar-refractivity contribution in [3.8, 4) is 0 Å². The molecular weight excluding hydrogens is 300 g/mol. The highest BCUT2D eigenvalue weighted by Crippen LogP contribution is 2.21. The number of hydrogen-bond donors (Lipinski definition) is 0. The van der Waals surface area contributed by atoms with Crippen LogP contribution in [0.3, 0.4) is 0 Å². The van der Waals surface area contributed by atoms with Gasteiger partial charge in [-0.05, 0) is 12.5 Å². The summed E-state index contributed by atoms with van der Waals surface area (Å²) in [7, 11) is 0. The van der Waals surface area contributed by atoms with Gasteiger partial charge in [0.05, 0.1) is 5.71 Å². The first-order valence-electron chi connectivity index (χ1n) is 5.00. The largest absolute Gasteiger partial charge is 0.212 e. The van der Waals surface area contributed by atoms with Crippen LogP contribution in [0.5, 0.6) is 0 Å². The van der Waals surface area contributed by atoms with E-state index in [4.69, 9.17) is 0 Å². The molecule has 0 saturated heterocycles. The summed E-state index contributed by atoms with van der Waals surface area (Å²) in [6.45, 7) is 2.08. The summed E-state index contributed by atoms with van der Waals surface area (Å²) >= 11 is 1.66. The first-order valence-corrected chi connectivity index (χ1v) is 5.99. The van der Waals surface area contributed by atoms with Crippen LogP contribution >= 0.6 is 28.7 Å². The summed E-state index contributed by atoms with van der Waals surface area (Å²) in [6, 6.07) is 8.41. The van der Waals surface area contributed by atoms with Crippen molar-refractivity contribution in [2.24, 2.45) is 5.10 Å². The van der Waals surface area contributed by atoms with Gasteiger partial charge in [-0.25, -0.2) is 0 Å². The lowest BCUT2D eigenvalue weighted by Gasteiger charge is -2.11. The third-order valence-electron chi connectivity index (χ3n) is 2.45. The van der Waals surface area contributed by atoms with Crippen LogP contribution in [0.2, 0.25) is 0 Å². The molecule has 4 nitrogen and oxygen atoms in total. The predicted octanol–water partition coefficient (Wildman–Crippen LogP) is 2.52. The van der Waals surface area contributed by atoms with E-state index in [1.807, 2.05) is 0 Å². The van der Waals surface area contributed by atoms with E-state index in [0.29, 0.717) is 0 Å². The van der Waals surface area contributed by atoms with E-state index in [2.05, 4.69) is 46.5 Å². The number of hydrogen-bond acceptors (Lipinski definition) is 4. The van der Waals surface area contributed by atoms with Crippen LogP contribution in [0.15, 0.2) is 40.9 Å². The second-order valence-electron chi connectivity index (χ2n) is 3.66. The van der Waals surface area contributed by atoms with E-state index in [9.17, 15) is 0 Å². The van der Waals surface area contributed by atoms with Gasteiger partial charge in [0.2, 0.25) is 5.16 Å². The van der Waals surface area contributed by atoms with Crippen molar-refractivity contribution in [3.05, 3.63) is 41.7 Å². The molecule has 17 heavy (non-hydrogen) atoms. The third kappa shape index (κ3) is 2.42. The van der Waals surface area contributed by atoms with Crippen LogP contribution in [0.4, 0.5) is 0 Å². The highest BCUT2D eigenvalue weighted by molar-refractivity contribution is 8.93. The number of benzene rings is 1. The smallest absolute Gasteiger partial charge is 0.194 e. The standard InChI is InChI=1S/C11H10N4S.BrH/c1-8-2-4-9(5-3-8)10-6-16-11-13-12-7-15(11)14-10;/h2-5,7H,6H2,1H3;1H. The maximum absolute atomic E-state index is 4.49. The normalized spacial score (nSPS) is 13.6. The lowest BCUT2D eigenvalue weighted by molar-refractivity contribution is 0.756. The number of halogens is 1. The van der Waals surface area contributed by atoms with E-state index in [1.54, 1.807) is 22.8 Å². The molecule has 2 heterocycles. The lowest BCUT2D eigenvalue weighted by atomic mass is 10.1. The molecule has 0 spiro atoms. The molecule has 0 saturated carbocycles. The first kappa shape index (κ1) is 12.3. The van der Waals surface area contributed by atoms with Crippen LogP contribution in [0.1, 0.15) is 11.1 Å². The van der Waals surface area contributed by atoms with E-state index in [-0.39, 0.29) is 17.0 Å². The minimum absolute atomic E-state index is 0. The Morgan fingerprint density at radius 3 is 2.76 bits per heavy atom. The average molecular weight is 311 g/mol. The number of aromatic nitrogens is 3. The fourth-order valence-corrected chi connectivity index (χ4v) is 2.38. The van der Waals surface area contributed by atoms with Crippen LogP contribution in [-0.2, 0) is 0 Å². The van der Waals surface area contributed by atoms with Gasteiger partial charge in [-0.3, -0.25) is 0 Å². The minimum atomic E-state index is 0. The van der Waals surface area contributed by atoms with Crippen LogP contribution in [0, 0.1) is 6.92 Å². The van der Waals surface area contributed by atoms with Gasteiger partial charge in [-0.15, -0.1) is 27.2 Å². The lowest BCUT2D eigenvalue weighted by Crippen LogP contribution is -2.12. The molecule has 0 unspecified atom stereocenters. The Balaban J connectivity index is 0.00000108. The van der Waals surface area contributed by atoms with Gasteiger partial charge in [0, 0.05) is 5.75 Å². The zero-order valence-corrected chi connectivity index (χ0v) is 11.7. The summed E-state index contributed by atoms with van der Waals surface area (Å²) in [6.07, 6.45) is 1.63. The van der Waals surface area contributed by atoms with Gasteiger partial charge >= 0.3 is 0 Å². The fourth-order valence-electron chi connectivity index (χ4n) is 1.56. The van der Waals surface area contributed by atoms with Crippen LogP contribution < -0.4 is 0 Å². The second-order valence-corrected chi connectivity index (χ2v) is 4.60. The molecule has 0 aliphatic carbocycles. The summed E-state index contributed by atoms with van der Waals surface area (Å²) in [5, 5.41) is 13.1. The summed E-state index contributed by atoms with van der Waals surface area (Å²) in [4.78, 5) is 0. The minimum Gasteiger partial charge on any atom is -0.194 e. The molecule has 0 fully saturated rings. The Morgan fingerprint density at radius 2 is 2.00 bits per heavy atom. The molecule has 1 aliphatic heterocycles. The maximum atomic E-state index is 4.49. The molecule has 0 radical (unpaired) electrons. The number of thioether (sulfide) groups is 1. The highest BCUT2D eigenvalue weighted by atomic mass is 79.9. The number of nitrogens with zero attached hydrogens (tertiary/aromatic N) is 4. The highest BCUT2D eigenvalue weighted by Gasteiger charge is 2.14. The van der Waals surface area contributed by atoms with Gasteiger partial charge in [0.1, 0.15) is 6.33 Å². The fraction of sp³-hybridized carbons (Fsp3) is 0.182. The van der Waals surface area contributed by atoms with Gasteiger partial charge in [0.15, 0.2) is 0 Å². The zero-order chi connectivity index (χ0) is 11.0. The molecule has 6 heteroatoms. The molecule has 0 atom stereocenters. The van der Waals surface area contributed by atoms with Gasteiger partial charge in [-0.2, -0.15) is 9.78 Å². The van der Waals surface area contributed by atoms with Crippen molar-refractivity contribution >= 4 is 34.5 Å². The Kier molecular flexibility index (Phi) is 3.63. The summed E-state index contributed by atoms with van der Waals surface area (Å²) in [5.74, 6) is 0.849. The van der Waals surface area contributed by atoms with Crippen molar-refractivity contribution in [2.45, 2.75) is 12.1 Å². The molecule has 2 aromatic rings. The van der Waals surface area contributed by atoms with Crippen LogP contribution in [-0.4, -0.2) is 26.3 Å². The van der Waals surface area contributed by atoms with Crippen molar-refractivity contribution < 1.29 is 0 Å². The molecule has 88 valence electrons. The van der Waals surface area contributed by atoms with E-state index in [0.717, 1.165) is 22.2 Å². The number of aryl methyl sites for hydroxylation is 1. The SMILES string of the molecule is Br.Cc1ccc(C2=Nn3cnnc3SC2)cc1. The number of fused-ring (bicyclic) bond motifs is 1. The van der Waals surface area contributed by atoms with Crippen molar-refractivity contribution in [3.63, 3.8) is 0 Å². The molecular formula is C11H11BrN4S. The Labute approximate surface area is 114 Å². The Morgan fingerprint density at radius 1 is 1.24 bits per heavy atom. The maximum Gasteiger partial charge on any atom is 0.212 e. The molecule has 1 aliphatic rings. The van der Waals surface area contributed by atoms with E-state index in [1.165, 1.54) is 5.56 Å². The quantitative estimate of drug-likeness (QED) is 0.813. The average Bonchev–Trinajstić information content (AvgIpc) is 2.77. The molecule has 1 aromatic carbocycles. The monoisotopic (exact) mass is 310 g/mol. The Hall–Kier alpha value is -1.14. The van der Waals surface area contributed by atoms with Crippen molar-refractivity contribution in [2.75, 3.05) is 5.75 Å². The Bertz CT molecular complexity index is 547. The van der Waals surface area contributed by atoms with Crippen molar-refractivity contribution in [1.29, 1.82) is 0 Å². The molecule has 0 bridgehead atoms. The molecule has 1 aromatic heterocycles. The topological polar surface area (TPSA) is 43.1 Å². The van der Waals surface area contributed by atoms with Crippen molar-refractivity contribution in [1.82, 2.24) is 14.9 Å². The summed E-state index contributed by atoms with van der Waals surface area (Å²) in [5.41, 5.74) is 3.49. The van der Waals surface area contributed by atoms with Crippen LogP contribution in [0.25, 0.3) is 0 Å². The molecule has 0 amide bonds. The third-order valence-corrected chi connectivity index (χ3v) is 3.40. The molecule has 0 N–H and O–H groups in total. The van der Waals surface area contributed by atoms with Gasteiger partial charge < -0.3 is 0 Å². The second kappa shape index (κ2) is 5.01. The number of rotatable bonds is 1. The summed E-state index contributed by atoms with van der Waals surface area (Å²) < 4.78 is 1.73. The molecule has 3 rings (SSSR count). The zero-order valence-electron chi connectivity index (χ0n) is 9.20. The predicted molar refractivity (Wildman–Crippen MR) is 74.2 cm³/mol. The first-order chi connectivity index (χ1) is 7.83.